The minimum atomic E-state index is -3.89. The lowest BCUT2D eigenvalue weighted by Gasteiger charge is -2.23. The quantitative estimate of drug-likeness (QED) is 0.460. The number of amides is 2. The van der Waals surface area contributed by atoms with Crippen LogP contribution in [0.25, 0.3) is 11.0 Å². The number of hydrogen-bond donors (Lipinski definition) is 2. The summed E-state index contributed by atoms with van der Waals surface area (Å²) in [5.41, 5.74) is 0.562. The molecule has 3 heterocycles. The average Bonchev–Trinajstić information content (AvgIpc) is 3.23. The summed E-state index contributed by atoms with van der Waals surface area (Å²) in [6.45, 7) is 3.63. The third kappa shape index (κ3) is 6.23. The third-order valence-corrected chi connectivity index (χ3v) is 8.02. The predicted octanol–water partition coefficient (Wildman–Crippen LogP) is 2.51. The lowest BCUT2D eigenvalue weighted by molar-refractivity contribution is -0.129. The van der Waals surface area contributed by atoms with Crippen molar-refractivity contribution in [2.24, 2.45) is 5.92 Å². The molecular formula is C26H30N4O6S. The van der Waals surface area contributed by atoms with Crippen LogP contribution in [0.2, 0.25) is 0 Å². The number of fused-ring (bicyclic) bond motifs is 1. The Morgan fingerprint density at radius 3 is 2.68 bits per heavy atom. The fraction of sp³-hybridized carbons (Fsp3) is 0.385. The molecule has 1 saturated heterocycles. The molecule has 2 amide bonds. The van der Waals surface area contributed by atoms with Gasteiger partial charge in [0.2, 0.25) is 15.9 Å². The van der Waals surface area contributed by atoms with Crippen molar-refractivity contribution >= 4 is 38.6 Å². The zero-order valence-electron chi connectivity index (χ0n) is 20.7. The van der Waals surface area contributed by atoms with Gasteiger partial charge in [0.25, 0.3) is 5.91 Å². The molecular weight excluding hydrogens is 496 g/mol. The molecule has 37 heavy (non-hydrogen) atoms. The van der Waals surface area contributed by atoms with Crippen LogP contribution in [0.3, 0.4) is 0 Å². The average molecular weight is 527 g/mol. The zero-order valence-corrected chi connectivity index (χ0v) is 21.5. The van der Waals surface area contributed by atoms with Crippen molar-refractivity contribution in [1.29, 1.82) is 0 Å². The van der Waals surface area contributed by atoms with Crippen LogP contribution in [-0.4, -0.2) is 60.5 Å². The molecule has 0 bridgehead atoms. The fourth-order valence-electron chi connectivity index (χ4n) is 4.30. The van der Waals surface area contributed by atoms with Crippen LogP contribution in [0, 0.1) is 5.92 Å². The number of ketones is 1. The highest BCUT2D eigenvalue weighted by atomic mass is 32.2. The number of carbonyl (C=O) groups is 3. The molecule has 2 atom stereocenters. The summed E-state index contributed by atoms with van der Waals surface area (Å²) in [5.74, 6) is -1.27. The molecule has 1 unspecified atom stereocenters. The van der Waals surface area contributed by atoms with Crippen molar-refractivity contribution in [3.8, 4) is 0 Å². The Bertz CT molecular complexity index is 1350. The van der Waals surface area contributed by atoms with E-state index < -0.39 is 39.7 Å². The van der Waals surface area contributed by atoms with E-state index in [1.54, 1.807) is 18.2 Å². The van der Waals surface area contributed by atoms with Crippen LogP contribution >= 0.6 is 0 Å². The number of nitrogens with zero attached hydrogens (tertiary/aromatic N) is 2. The van der Waals surface area contributed by atoms with Crippen molar-refractivity contribution in [1.82, 2.24) is 19.9 Å². The molecule has 1 aliphatic heterocycles. The number of rotatable bonds is 8. The highest BCUT2D eigenvalue weighted by Gasteiger charge is 2.34. The number of Topliss-reactive ketones (excluding diaryl/α,β-unsaturated/α-hetero) is 1. The summed E-state index contributed by atoms with van der Waals surface area (Å²) in [7, 11) is -3.89. The topological polar surface area (TPSA) is 139 Å². The van der Waals surface area contributed by atoms with Gasteiger partial charge in [0.1, 0.15) is 16.5 Å². The molecule has 1 aromatic carbocycles. The number of benzene rings is 1. The van der Waals surface area contributed by atoms with E-state index in [1.165, 1.54) is 24.5 Å². The molecule has 2 N–H and O–H groups in total. The molecule has 4 rings (SSSR count). The van der Waals surface area contributed by atoms with Gasteiger partial charge in [-0.1, -0.05) is 32.0 Å². The Morgan fingerprint density at radius 2 is 1.97 bits per heavy atom. The van der Waals surface area contributed by atoms with E-state index in [9.17, 15) is 22.8 Å². The van der Waals surface area contributed by atoms with Crippen molar-refractivity contribution < 1.29 is 27.2 Å². The van der Waals surface area contributed by atoms with Gasteiger partial charge in [0, 0.05) is 24.3 Å². The molecule has 196 valence electrons. The summed E-state index contributed by atoms with van der Waals surface area (Å²) >= 11 is 0. The minimum Gasteiger partial charge on any atom is -0.451 e. The van der Waals surface area contributed by atoms with Gasteiger partial charge in [-0.25, -0.2) is 8.42 Å². The smallest absolute Gasteiger partial charge is 0.287 e. The lowest BCUT2D eigenvalue weighted by atomic mass is 10.0. The molecule has 11 heteroatoms. The maximum absolute atomic E-state index is 13.2. The summed E-state index contributed by atoms with van der Waals surface area (Å²) in [6, 6.07) is 10.0. The lowest BCUT2D eigenvalue weighted by Crippen LogP contribution is -2.52. The normalized spacial score (nSPS) is 17.9. The van der Waals surface area contributed by atoms with Gasteiger partial charge < -0.3 is 15.1 Å². The first kappa shape index (κ1) is 26.5. The van der Waals surface area contributed by atoms with Crippen LogP contribution in [0.5, 0.6) is 0 Å². The van der Waals surface area contributed by atoms with E-state index in [2.05, 4.69) is 15.6 Å². The van der Waals surface area contributed by atoms with Crippen LogP contribution in [0.4, 0.5) is 0 Å². The van der Waals surface area contributed by atoms with Gasteiger partial charge in [0.05, 0.1) is 12.6 Å². The van der Waals surface area contributed by atoms with Gasteiger partial charge in [-0.05, 0) is 49.4 Å². The van der Waals surface area contributed by atoms with Crippen molar-refractivity contribution in [2.45, 2.75) is 50.1 Å². The summed E-state index contributed by atoms with van der Waals surface area (Å²) in [5, 5.41) is 6.24. The van der Waals surface area contributed by atoms with Gasteiger partial charge in [0.15, 0.2) is 11.5 Å². The van der Waals surface area contributed by atoms with Gasteiger partial charge in [-0.3, -0.25) is 19.4 Å². The molecule has 2 aromatic heterocycles. The molecule has 1 aliphatic rings. The first-order valence-electron chi connectivity index (χ1n) is 12.2. The first-order valence-corrected chi connectivity index (χ1v) is 13.6. The molecule has 0 spiro atoms. The van der Waals surface area contributed by atoms with E-state index in [-0.39, 0.29) is 36.1 Å². The standard InChI is InChI=1S/C26H30N4O6S/c1-17(2)13-21(29-26(33)24-14-18-7-3-4-10-23(18)36-24)25(32)28-20-9-6-12-30(16-22(20)31)37(34,35)19-8-5-11-27-15-19/h3-5,7-8,10-11,14-15,17,20-21H,6,9,12-13,16H2,1-2H3,(H,28,32)(H,29,33)/t20-,21?/m0/s1. The van der Waals surface area contributed by atoms with Crippen molar-refractivity contribution in [3.05, 3.63) is 60.6 Å². The van der Waals surface area contributed by atoms with Crippen LogP contribution < -0.4 is 10.6 Å². The third-order valence-electron chi connectivity index (χ3n) is 6.19. The zero-order chi connectivity index (χ0) is 26.6. The Hall–Kier alpha value is -3.57. The molecule has 1 fully saturated rings. The van der Waals surface area contributed by atoms with Crippen molar-refractivity contribution in [2.75, 3.05) is 13.1 Å². The summed E-state index contributed by atoms with van der Waals surface area (Å²) < 4.78 is 32.6. The minimum absolute atomic E-state index is 0.00980. The number of carbonyl (C=O) groups excluding carboxylic acids is 3. The van der Waals surface area contributed by atoms with E-state index in [0.29, 0.717) is 18.4 Å². The Morgan fingerprint density at radius 1 is 1.19 bits per heavy atom. The highest BCUT2D eigenvalue weighted by molar-refractivity contribution is 7.89. The molecule has 10 nitrogen and oxygen atoms in total. The second-order valence-electron chi connectivity index (χ2n) is 9.50. The number of pyridine rings is 1. The first-order chi connectivity index (χ1) is 17.6. The number of para-hydroxylation sites is 1. The fourth-order valence-corrected chi connectivity index (χ4v) is 5.71. The van der Waals surface area contributed by atoms with Crippen LogP contribution in [0.15, 0.2) is 64.2 Å². The van der Waals surface area contributed by atoms with E-state index in [4.69, 9.17) is 4.42 Å². The Balaban J connectivity index is 1.44. The highest BCUT2D eigenvalue weighted by Crippen LogP contribution is 2.20. The van der Waals surface area contributed by atoms with Crippen LogP contribution in [-0.2, 0) is 19.6 Å². The van der Waals surface area contributed by atoms with Gasteiger partial charge in [-0.2, -0.15) is 4.31 Å². The van der Waals surface area contributed by atoms with E-state index >= 15 is 0 Å². The summed E-state index contributed by atoms with van der Waals surface area (Å²) in [4.78, 5) is 42.9. The van der Waals surface area contributed by atoms with Gasteiger partial charge in [-0.15, -0.1) is 0 Å². The van der Waals surface area contributed by atoms with Gasteiger partial charge >= 0.3 is 0 Å². The summed E-state index contributed by atoms with van der Waals surface area (Å²) in [6.07, 6.45) is 3.73. The maximum atomic E-state index is 13.2. The largest absolute Gasteiger partial charge is 0.451 e. The van der Waals surface area contributed by atoms with Crippen LogP contribution in [0.1, 0.15) is 43.7 Å². The number of hydrogen-bond acceptors (Lipinski definition) is 7. The second kappa shape index (κ2) is 11.2. The monoisotopic (exact) mass is 526 g/mol. The van der Waals surface area contributed by atoms with E-state index in [0.717, 1.165) is 9.69 Å². The molecule has 0 radical (unpaired) electrons. The molecule has 3 aromatic rings. The maximum Gasteiger partial charge on any atom is 0.287 e. The molecule has 0 saturated carbocycles. The second-order valence-corrected chi connectivity index (χ2v) is 11.4. The Labute approximate surface area is 215 Å². The Kier molecular flexibility index (Phi) is 8.03. The number of nitrogens with one attached hydrogen (secondary N) is 2. The number of aromatic nitrogens is 1. The number of sulfonamides is 1. The van der Waals surface area contributed by atoms with Crippen molar-refractivity contribution in [3.63, 3.8) is 0 Å². The van der Waals surface area contributed by atoms with E-state index in [1.807, 2.05) is 26.0 Å². The SMILES string of the molecule is CC(C)CC(NC(=O)c1cc2ccccc2o1)C(=O)N[C@H]1CCCN(S(=O)(=O)c2cccnc2)CC1=O. The predicted molar refractivity (Wildman–Crippen MR) is 136 cm³/mol. The molecule has 0 aliphatic carbocycles. The number of furan rings is 1.